The number of carbonyl (C=O) groups is 1. The van der Waals surface area contributed by atoms with Crippen molar-refractivity contribution in [3.63, 3.8) is 0 Å². The monoisotopic (exact) mass is 478 g/mol. The van der Waals surface area contributed by atoms with Gasteiger partial charge in [-0.1, -0.05) is 6.07 Å². The molecule has 1 saturated heterocycles. The van der Waals surface area contributed by atoms with Gasteiger partial charge in [0.1, 0.15) is 0 Å². The van der Waals surface area contributed by atoms with Crippen molar-refractivity contribution in [1.82, 2.24) is 9.62 Å². The van der Waals surface area contributed by atoms with E-state index in [9.17, 15) is 13.2 Å². The Morgan fingerprint density at radius 3 is 2.18 bits per heavy atom. The molecule has 1 heterocycles. The van der Waals surface area contributed by atoms with Gasteiger partial charge in [0.05, 0.1) is 39.3 Å². The molecule has 180 valence electrons. The number of hydrogen-bond acceptors (Lipinski definition) is 7. The Morgan fingerprint density at radius 2 is 1.55 bits per heavy atom. The van der Waals surface area contributed by atoms with Gasteiger partial charge in [-0.3, -0.25) is 4.79 Å². The predicted octanol–water partition coefficient (Wildman–Crippen LogP) is 2.44. The Morgan fingerprint density at radius 1 is 0.939 bits per heavy atom. The maximum absolute atomic E-state index is 13.2. The van der Waals surface area contributed by atoms with Crippen molar-refractivity contribution in [2.24, 2.45) is 5.92 Å². The molecule has 3 rings (SSSR count). The number of benzene rings is 2. The first-order valence-corrected chi connectivity index (χ1v) is 12.0. The lowest BCUT2D eigenvalue weighted by atomic mass is 9.98. The predicted molar refractivity (Wildman–Crippen MR) is 122 cm³/mol. The molecule has 0 saturated carbocycles. The lowest BCUT2D eigenvalue weighted by molar-refractivity contribution is -0.126. The Balaban J connectivity index is 1.68. The highest BCUT2D eigenvalue weighted by Crippen LogP contribution is 2.32. The average molecular weight is 479 g/mol. The summed E-state index contributed by atoms with van der Waals surface area (Å²) in [5.41, 5.74) is 0.853. The average Bonchev–Trinajstić information content (AvgIpc) is 2.86. The summed E-state index contributed by atoms with van der Waals surface area (Å²) in [5, 5.41) is 2.91. The molecule has 0 radical (unpaired) electrons. The first-order valence-electron chi connectivity index (χ1n) is 10.5. The molecule has 10 heteroatoms. The van der Waals surface area contributed by atoms with E-state index in [1.165, 1.54) is 30.7 Å². The molecule has 0 spiro atoms. The lowest BCUT2D eigenvalue weighted by Gasteiger charge is -2.31. The molecule has 0 unspecified atom stereocenters. The number of nitrogens with zero attached hydrogens (tertiary/aromatic N) is 1. The molecule has 2 aromatic rings. The smallest absolute Gasteiger partial charge is 0.243 e. The van der Waals surface area contributed by atoms with Crippen LogP contribution in [0.25, 0.3) is 0 Å². The quantitative estimate of drug-likeness (QED) is 0.590. The Labute approximate surface area is 194 Å². The maximum Gasteiger partial charge on any atom is 0.243 e. The zero-order valence-electron chi connectivity index (χ0n) is 19.3. The molecule has 1 fully saturated rings. The second-order valence-electron chi connectivity index (χ2n) is 7.63. The van der Waals surface area contributed by atoms with Crippen LogP contribution in [0.3, 0.4) is 0 Å². The summed E-state index contributed by atoms with van der Waals surface area (Å²) in [6.45, 7) is 0.780. The number of amides is 1. The van der Waals surface area contributed by atoms with E-state index in [-0.39, 0.29) is 17.3 Å². The van der Waals surface area contributed by atoms with E-state index in [0.717, 1.165) is 5.56 Å². The van der Waals surface area contributed by atoms with Crippen molar-refractivity contribution in [3.05, 3.63) is 42.0 Å². The first-order chi connectivity index (χ1) is 15.8. The van der Waals surface area contributed by atoms with Gasteiger partial charge in [0, 0.05) is 25.7 Å². The normalized spacial score (nSPS) is 16.7. The van der Waals surface area contributed by atoms with Crippen LogP contribution in [0.5, 0.6) is 23.0 Å². The molecule has 1 aliphatic heterocycles. The van der Waals surface area contributed by atoms with Gasteiger partial charge in [0.25, 0.3) is 0 Å². The molecule has 0 bridgehead atoms. The molecule has 1 amide bonds. The number of piperidine rings is 1. The first kappa shape index (κ1) is 24.7. The molecule has 1 aliphatic rings. The van der Waals surface area contributed by atoms with Crippen LogP contribution in [0.15, 0.2) is 41.3 Å². The van der Waals surface area contributed by atoms with Crippen LogP contribution >= 0.6 is 0 Å². The number of sulfonamides is 1. The highest BCUT2D eigenvalue weighted by Gasteiger charge is 2.33. The van der Waals surface area contributed by atoms with Gasteiger partial charge in [-0.25, -0.2) is 8.42 Å². The van der Waals surface area contributed by atoms with E-state index >= 15 is 0 Å². The van der Waals surface area contributed by atoms with Crippen LogP contribution in [0.4, 0.5) is 0 Å². The zero-order chi connectivity index (χ0) is 24.0. The number of hydrogen-bond donors (Lipinski definition) is 1. The highest BCUT2D eigenvalue weighted by atomic mass is 32.2. The molecule has 0 aromatic heterocycles. The maximum atomic E-state index is 13.2. The van der Waals surface area contributed by atoms with E-state index in [0.29, 0.717) is 48.9 Å². The third-order valence-electron chi connectivity index (χ3n) is 5.66. The van der Waals surface area contributed by atoms with E-state index in [2.05, 4.69) is 5.32 Å². The summed E-state index contributed by atoms with van der Waals surface area (Å²) in [5.74, 6) is 1.35. The molecule has 1 atom stereocenters. The summed E-state index contributed by atoms with van der Waals surface area (Å²) in [6.07, 6.45) is 1.22. The standard InChI is InChI=1S/C23H30N2O7S/c1-29-19-9-7-16(12-21(19)31-3)14-24-23(26)17-6-5-11-25(15-17)33(27,28)18-8-10-20(30-2)22(13-18)32-4/h7-10,12-13,17H,5-6,11,14-15H2,1-4H3,(H,24,26)/t17-/m1/s1. The fraction of sp³-hybridized carbons (Fsp3) is 0.435. The number of nitrogens with one attached hydrogen (secondary N) is 1. The second-order valence-corrected chi connectivity index (χ2v) is 9.56. The molecular formula is C23H30N2O7S. The fourth-order valence-electron chi connectivity index (χ4n) is 3.82. The summed E-state index contributed by atoms with van der Waals surface area (Å²) in [4.78, 5) is 12.9. The largest absolute Gasteiger partial charge is 0.493 e. The van der Waals surface area contributed by atoms with Crippen molar-refractivity contribution >= 4 is 15.9 Å². The second kappa shape index (κ2) is 10.8. The Bertz CT molecular complexity index is 1090. The van der Waals surface area contributed by atoms with Crippen molar-refractivity contribution in [1.29, 1.82) is 0 Å². The van der Waals surface area contributed by atoms with Gasteiger partial charge >= 0.3 is 0 Å². The number of carbonyl (C=O) groups excluding carboxylic acids is 1. The Kier molecular flexibility index (Phi) is 8.04. The number of rotatable bonds is 9. The Hall–Kier alpha value is -2.98. The molecule has 33 heavy (non-hydrogen) atoms. The van der Waals surface area contributed by atoms with E-state index in [4.69, 9.17) is 18.9 Å². The lowest BCUT2D eigenvalue weighted by Crippen LogP contribution is -2.45. The molecular weight excluding hydrogens is 448 g/mol. The molecule has 1 N–H and O–H groups in total. The van der Waals surface area contributed by atoms with Crippen LogP contribution in [-0.4, -0.2) is 60.2 Å². The molecule has 9 nitrogen and oxygen atoms in total. The van der Waals surface area contributed by atoms with Gasteiger partial charge < -0.3 is 24.3 Å². The third-order valence-corrected chi connectivity index (χ3v) is 7.52. The van der Waals surface area contributed by atoms with Crippen LogP contribution in [0.1, 0.15) is 18.4 Å². The van der Waals surface area contributed by atoms with Crippen LogP contribution in [0, 0.1) is 5.92 Å². The summed E-state index contributed by atoms with van der Waals surface area (Å²) in [7, 11) is 2.27. The summed E-state index contributed by atoms with van der Waals surface area (Å²) >= 11 is 0. The van der Waals surface area contributed by atoms with Gasteiger partial charge in [-0.15, -0.1) is 0 Å². The van der Waals surface area contributed by atoms with E-state index in [1.807, 2.05) is 6.07 Å². The van der Waals surface area contributed by atoms with Gasteiger partial charge in [0.2, 0.25) is 15.9 Å². The zero-order valence-corrected chi connectivity index (χ0v) is 20.1. The van der Waals surface area contributed by atoms with E-state index < -0.39 is 15.9 Å². The van der Waals surface area contributed by atoms with Gasteiger partial charge in [0.15, 0.2) is 23.0 Å². The number of methoxy groups -OCH3 is 4. The third kappa shape index (κ3) is 5.51. The van der Waals surface area contributed by atoms with Gasteiger partial charge in [-0.05, 0) is 42.7 Å². The fourth-order valence-corrected chi connectivity index (χ4v) is 5.36. The molecule has 0 aliphatic carbocycles. The SMILES string of the molecule is COc1ccc(CNC(=O)[C@@H]2CCCN(S(=O)(=O)c3ccc(OC)c(OC)c3)C2)cc1OC. The summed E-state index contributed by atoms with van der Waals surface area (Å²) < 4.78 is 48.7. The van der Waals surface area contributed by atoms with Crippen LogP contribution in [-0.2, 0) is 21.4 Å². The van der Waals surface area contributed by atoms with E-state index in [1.54, 1.807) is 32.4 Å². The topological polar surface area (TPSA) is 103 Å². The minimum absolute atomic E-state index is 0.103. The highest BCUT2D eigenvalue weighted by molar-refractivity contribution is 7.89. The van der Waals surface area contributed by atoms with Gasteiger partial charge in [-0.2, -0.15) is 4.31 Å². The minimum atomic E-state index is -3.78. The van der Waals surface area contributed by atoms with Crippen molar-refractivity contribution < 1.29 is 32.2 Å². The summed E-state index contributed by atoms with van der Waals surface area (Å²) in [6, 6.07) is 9.90. The van der Waals surface area contributed by atoms with Crippen LogP contribution in [0.2, 0.25) is 0 Å². The van der Waals surface area contributed by atoms with Crippen molar-refractivity contribution in [3.8, 4) is 23.0 Å². The van der Waals surface area contributed by atoms with Crippen molar-refractivity contribution in [2.45, 2.75) is 24.3 Å². The minimum Gasteiger partial charge on any atom is -0.493 e. The van der Waals surface area contributed by atoms with Crippen molar-refractivity contribution in [2.75, 3.05) is 41.5 Å². The number of ether oxygens (including phenoxy) is 4. The molecule has 2 aromatic carbocycles. The van der Waals surface area contributed by atoms with Crippen LogP contribution < -0.4 is 24.3 Å².